The highest BCUT2D eigenvalue weighted by atomic mass is 35.5. The normalized spacial score (nSPS) is 12.2. The van der Waals surface area contributed by atoms with Crippen LogP contribution in [0.2, 0.25) is 5.02 Å². The number of nitrogens with one attached hydrogen (secondary N) is 1. The maximum absolute atomic E-state index is 12.9. The average Bonchev–Trinajstić information content (AvgIpc) is 3.04. The second-order valence-electron chi connectivity index (χ2n) is 4.60. The molecule has 5 nitrogen and oxygen atoms in total. The van der Waals surface area contributed by atoms with Crippen molar-refractivity contribution < 1.29 is 17.9 Å². The van der Waals surface area contributed by atoms with Crippen molar-refractivity contribution in [2.45, 2.75) is 12.8 Å². The largest absolute Gasteiger partial charge is 0.434 e. The van der Waals surface area contributed by atoms with Gasteiger partial charge >= 0.3 is 6.18 Å². The van der Waals surface area contributed by atoms with Gasteiger partial charge in [-0.05, 0) is 12.1 Å². The fourth-order valence-corrected chi connectivity index (χ4v) is 2.41. The Morgan fingerprint density at radius 1 is 1.36 bits per heavy atom. The number of nitrogens with zero attached hydrogens (tertiary/aromatic N) is 3. The van der Waals surface area contributed by atoms with Crippen LogP contribution in [-0.2, 0) is 17.5 Å². The van der Waals surface area contributed by atoms with Crippen LogP contribution in [0.5, 0.6) is 0 Å². The molecule has 0 aliphatic carbocycles. The number of aromatic amines is 1. The Kier molecular flexibility index (Phi) is 3.57. The molecule has 2 heterocycles. The summed E-state index contributed by atoms with van der Waals surface area (Å²) in [5.74, 6) is 0.133. The Hall–Kier alpha value is -2.06. The van der Waals surface area contributed by atoms with E-state index >= 15 is 0 Å². The van der Waals surface area contributed by atoms with Gasteiger partial charge in [0.1, 0.15) is 12.4 Å². The van der Waals surface area contributed by atoms with E-state index in [1.165, 1.54) is 11.7 Å². The molecule has 9 heteroatoms. The quantitative estimate of drug-likeness (QED) is 0.798. The maximum Gasteiger partial charge on any atom is 0.434 e. The van der Waals surface area contributed by atoms with Gasteiger partial charge in [0.2, 0.25) is 0 Å². The summed E-state index contributed by atoms with van der Waals surface area (Å²) in [6.07, 6.45) is -2.06. The molecule has 0 unspecified atom stereocenters. The summed E-state index contributed by atoms with van der Waals surface area (Å²) in [5, 5.41) is 7.63. The lowest BCUT2D eigenvalue weighted by Crippen LogP contribution is -2.05. The van der Waals surface area contributed by atoms with E-state index in [2.05, 4.69) is 15.2 Å². The lowest BCUT2D eigenvalue weighted by atomic mass is 10.2. The second-order valence-corrected chi connectivity index (χ2v) is 5.01. The number of H-pyrrole nitrogens is 1. The Bertz CT molecular complexity index is 824. The fraction of sp³-hybridized carbons (Fsp3) is 0.231. The molecule has 0 aliphatic rings. The number of imidazole rings is 1. The van der Waals surface area contributed by atoms with E-state index in [9.17, 15) is 13.2 Å². The van der Waals surface area contributed by atoms with Crippen molar-refractivity contribution in [1.29, 1.82) is 0 Å². The number of aromatic nitrogens is 4. The third-order valence-electron chi connectivity index (χ3n) is 3.11. The van der Waals surface area contributed by atoms with Crippen LogP contribution in [0.1, 0.15) is 11.5 Å². The Labute approximate surface area is 127 Å². The number of benzene rings is 1. The second kappa shape index (κ2) is 5.29. The first-order valence-corrected chi connectivity index (χ1v) is 6.55. The minimum absolute atomic E-state index is 0.0584. The van der Waals surface area contributed by atoms with Crippen LogP contribution in [0, 0.1) is 0 Å². The zero-order valence-electron chi connectivity index (χ0n) is 11.3. The number of rotatable bonds is 3. The molecule has 0 bridgehead atoms. The average molecular weight is 331 g/mol. The van der Waals surface area contributed by atoms with E-state index in [0.717, 1.165) is 6.20 Å². The van der Waals surface area contributed by atoms with Crippen molar-refractivity contribution in [3.8, 4) is 5.69 Å². The molecule has 0 radical (unpaired) electrons. The van der Waals surface area contributed by atoms with Crippen molar-refractivity contribution in [2.24, 2.45) is 0 Å². The van der Waals surface area contributed by atoms with Gasteiger partial charge in [0.15, 0.2) is 5.69 Å². The summed E-state index contributed by atoms with van der Waals surface area (Å²) in [6.45, 7) is -0.0584. The molecule has 0 spiro atoms. The van der Waals surface area contributed by atoms with Gasteiger partial charge in [-0.15, -0.1) is 0 Å². The van der Waals surface area contributed by atoms with E-state index in [1.807, 2.05) is 0 Å². The zero-order chi connectivity index (χ0) is 15.9. The first kappa shape index (κ1) is 14.9. The molecule has 3 aromatic rings. The molecule has 2 aromatic heterocycles. The molecule has 1 aromatic carbocycles. The maximum atomic E-state index is 12.9. The molecular weight excluding hydrogens is 321 g/mol. The van der Waals surface area contributed by atoms with Gasteiger partial charge in [0, 0.05) is 24.4 Å². The number of methoxy groups -OCH3 is 1. The van der Waals surface area contributed by atoms with E-state index in [-0.39, 0.29) is 12.4 Å². The third-order valence-corrected chi connectivity index (χ3v) is 3.40. The number of hydrogen-bond donors (Lipinski definition) is 1. The highest BCUT2D eigenvalue weighted by Gasteiger charge is 2.35. The van der Waals surface area contributed by atoms with E-state index in [1.54, 1.807) is 18.3 Å². The van der Waals surface area contributed by atoms with Gasteiger partial charge < -0.3 is 9.30 Å². The zero-order valence-corrected chi connectivity index (χ0v) is 12.0. The lowest BCUT2D eigenvalue weighted by molar-refractivity contribution is -0.141. The molecule has 0 amide bonds. The Morgan fingerprint density at radius 3 is 2.82 bits per heavy atom. The number of alkyl halides is 3. The monoisotopic (exact) mass is 330 g/mol. The molecular formula is C13H10ClF3N4O. The first-order chi connectivity index (χ1) is 10.4. The predicted molar refractivity (Wildman–Crippen MR) is 73.9 cm³/mol. The van der Waals surface area contributed by atoms with Crippen molar-refractivity contribution in [1.82, 2.24) is 19.7 Å². The summed E-state index contributed by atoms with van der Waals surface area (Å²) in [5.41, 5.74) is 0.0896. The summed E-state index contributed by atoms with van der Waals surface area (Å²) >= 11 is 6.12. The molecule has 0 fully saturated rings. The SMILES string of the molecule is COCc1nc(C(F)(F)F)cn1-c1cc(Cl)c2[nH]ncc2c1. The highest BCUT2D eigenvalue weighted by Crippen LogP contribution is 2.31. The van der Waals surface area contributed by atoms with Crippen molar-refractivity contribution in [2.75, 3.05) is 7.11 Å². The van der Waals surface area contributed by atoms with Crippen LogP contribution in [0.3, 0.4) is 0 Å². The molecule has 0 saturated heterocycles. The minimum atomic E-state index is -4.53. The number of fused-ring (bicyclic) bond motifs is 1. The third kappa shape index (κ3) is 2.55. The van der Waals surface area contributed by atoms with Gasteiger partial charge in [-0.3, -0.25) is 5.10 Å². The van der Waals surface area contributed by atoms with Gasteiger partial charge in [-0.1, -0.05) is 11.6 Å². The number of halogens is 4. The highest BCUT2D eigenvalue weighted by molar-refractivity contribution is 6.35. The first-order valence-electron chi connectivity index (χ1n) is 6.17. The standard InChI is InChI=1S/C13H10ClF3N4O/c1-22-6-11-19-10(13(15,16)17)5-21(11)8-2-7-4-18-20-12(7)9(14)3-8/h2-5H,6H2,1H3,(H,18,20). The summed E-state index contributed by atoms with van der Waals surface area (Å²) in [4.78, 5) is 3.59. The van der Waals surface area contributed by atoms with Crippen LogP contribution >= 0.6 is 11.6 Å². The van der Waals surface area contributed by atoms with Crippen molar-refractivity contribution in [3.63, 3.8) is 0 Å². The van der Waals surface area contributed by atoms with Gasteiger partial charge in [-0.25, -0.2) is 4.98 Å². The molecule has 116 valence electrons. The van der Waals surface area contributed by atoms with Gasteiger partial charge in [-0.2, -0.15) is 18.3 Å². The summed E-state index contributed by atoms with van der Waals surface area (Å²) in [7, 11) is 1.39. The number of hydrogen-bond acceptors (Lipinski definition) is 3. The molecule has 0 aliphatic heterocycles. The van der Waals surface area contributed by atoms with Crippen molar-refractivity contribution >= 4 is 22.5 Å². The minimum Gasteiger partial charge on any atom is -0.377 e. The van der Waals surface area contributed by atoms with Crippen LogP contribution in [-0.4, -0.2) is 26.9 Å². The fourth-order valence-electron chi connectivity index (χ4n) is 2.15. The van der Waals surface area contributed by atoms with E-state index < -0.39 is 11.9 Å². The smallest absolute Gasteiger partial charge is 0.377 e. The molecule has 3 rings (SSSR count). The van der Waals surface area contributed by atoms with Crippen LogP contribution < -0.4 is 0 Å². The molecule has 1 N–H and O–H groups in total. The van der Waals surface area contributed by atoms with Gasteiger partial charge in [0.25, 0.3) is 0 Å². The summed E-state index contributed by atoms with van der Waals surface area (Å²) < 4.78 is 44.8. The molecule has 22 heavy (non-hydrogen) atoms. The predicted octanol–water partition coefficient (Wildman–Crippen LogP) is 3.57. The van der Waals surface area contributed by atoms with Crippen LogP contribution in [0.25, 0.3) is 16.6 Å². The lowest BCUT2D eigenvalue weighted by Gasteiger charge is -2.08. The molecule has 0 atom stereocenters. The van der Waals surface area contributed by atoms with E-state index in [4.69, 9.17) is 16.3 Å². The van der Waals surface area contributed by atoms with E-state index in [0.29, 0.717) is 21.6 Å². The van der Waals surface area contributed by atoms with Crippen LogP contribution in [0.4, 0.5) is 13.2 Å². The van der Waals surface area contributed by atoms with Crippen molar-refractivity contribution in [3.05, 3.63) is 41.1 Å². The Morgan fingerprint density at radius 2 is 2.14 bits per heavy atom. The molecule has 0 saturated carbocycles. The Balaban J connectivity index is 2.17. The topological polar surface area (TPSA) is 55.7 Å². The summed E-state index contributed by atoms with van der Waals surface area (Å²) in [6, 6.07) is 3.22. The van der Waals surface area contributed by atoms with Crippen LogP contribution in [0.15, 0.2) is 24.5 Å². The van der Waals surface area contributed by atoms with Gasteiger partial charge in [0.05, 0.1) is 16.7 Å². The number of ether oxygens (including phenoxy) is 1.